The largest absolute Gasteiger partial charge is 0.460 e. The van der Waals surface area contributed by atoms with Crippen molar-refractivity contribution in [3.63, 3.8) is 0 Å². The average molecular weight is 318 g/mol. The van der Waals surface area contributed by atoms with Crippen LogP contribution in [0.3, 0.4) is 0 Å². The maximum absolute atomic E-state index is 11.5. The predicted molar refractivity (Wildman–Crippen MR) is 83.5 cm³/mol. The van der Waals surface area contributed by atoms with Gasteiger partial charge in [0.15, 0.2) is 0 Å². The third kappa shape index (κ3) is 7.13. The van der Waals surface area contributed by atoms with Crippen LogP contribution in [0.2, 0.25) is 10.0 Å². The van der Waals surface area contributed by atoms with Gasteiger partial charge in [-0.2, -0.15) is 0 Å². The fraction of sp³-hybridized carbons (Fsp3) is 0.533. The first-order valence-corrected chi connectivity index (χ1v) is 7.40. The van der Waals surface area contributed by atoms with Crippen LogP contribution in [0.4, 0.5) is 0 Å². The van der Waals surface area contributed by atoms with Crippen LogP contribution < -0.4 is 5.32 Å². The number of ether oxygens (including phenoxy) is 1. The van der Waals surface area contributed by atoms with E-state index in [9.17, 15) is 4.79 Å². The molecular formula is C15H21Cl2NO2. The molecule has 0 radical (unpaired) electrons. The molecule has 1 aromatic carbocycles. The van der Waals surface area contributed by atoms with Crippen molar-refractivity contribution in [1.82, 2.24) is 5.32 Å². The number of hydrogen-bond donors (Lipinski definition) is 1. The predicted octanol–water partition coefficient (Wildman–Crippen LogP) is 3.86. The molecule has 0 aromatic heterocycles. The number of hydrogen-bond acceptors (Lipinski definition) is 3. The first-order chi connectivity index (χ1) is 9.28. The zero-order chi connectivity index (χ0) is 15.2. The number of benzene rings is 1. The molecule has 0 fully saturated rings. The first-order valence-electron chi connectivity index (χ1n) is 6.64. The minimum absolute atomic E-state index is 0.186. The van der Waals surface area contributed by atoms with Crippen LogP contribution in [0.25, 0.3) is 0 Å². The lowest BCUT2D eigenvalue weighted by Crippen LogP contribution is -2.27. The summed E-state index contributed by atoms with van der Waals surface area (Å²) in [5, 5.41) is 4.51. The molecule has 3 nitrogen and oxygen atoms in total. The molecule has 0 saturated heterocycles. The van der Waals surface area contributed by atoms with Crippen molar-refractivity contribution < 1.29 is 9.53 Å². The summed E-state index contributed by atoms with van der Waals surface area (Å²) >= 11 is 11.9. The molecule has 0 atom stereocenters. The van der Waals surface area contributed by atoms with Crippen LogP contribution in [0, 0.1) is 0 Å². The Morgan fingerprint density at radius 2 is 1.95 bits per heavy atom. The molecule has 0 aliphatic carbocycles. The van der Waals surface area contributed by atoms with Gasteiger partial charge in [0.05, 0.1) is 6.42 Å². The quantitative estimate of drug-likeness (QED) is 0.639. The van der Waals surface area contributed by atoms with Gasteiger partial charge in [0, 0.05) is 16.6 Å². The van der Waals surface area contributed by atoms with E-state index in [1.807, 2.05) is 32.9 Å². The Balaban J connectivity index is 2.21. The van der Waals surface area contributed by atoms with Gasteiger partial charge in [0.25, 0.3) is 0 Å². The SMILES string of the molecule is CC(C)(C)OC(=O)CCNCCc1ccc(Cl)cc1Cl. The van der Waals surface area contributed by atoms with E-state index in [0.717, 1.165) is 18.5 Å². The van der Waals surface area contributed by atoms with Crippen LogP contribution in [-0.2, 0) is 16.0 Å². The first kappa shape index (κ1) is 17.3. The van der Waals surface area contributed by atoms with Gasteiger partial charge in [0.1, 0.15) is 5.60 Å². The summed E-state index contributed by atoms with van der Waals surface area (Å²) in [7, 11) is 0. The lowest BCUT2D eigenvalue weighted by Gasteiger charge is -2.19. The standard InChI is InChI=1S/C15H21Cl2NO2/c1-15(2,3)20-14(19)7-9-18-8-6-11-4-5-12(16)10-13(11)17/h4-5,10,18H,6-9H2,1-3H3. The Hall–Kier alpha value is -0.770. The van der Waals surface area contributed by atoms with Gasteiger partial charge < -0.3 is 10.1 Å². The smallest absolute Gasteiger partial charge is 0.307 e. The van der Waals surface area contributed by atoms with Crippen molar-refractivity contribution in [3.8, 4) is 0 Å². The Labute approximate surface area is 130 Å². The minimum atomic E-state index is -0.423. The van der Waals surface area contributed by atoms with Gasteiger partial charge in [0.2, 0.25) is 0 Å². The molecule has 0 aliphatic rings. The molecule has 0 bridgehead atoms. The number of halogens is 2. The van der Waals surface area contributed by atoms with Crippen LogP contribution in [-0.4, -0.2) is 24.7 Å². The lowest BCUT2D eigenvalue weighted by molar-refractivity contribution is -0.154. The summed E-state index contributed by atoms with van der Waals surface area (Å²) in [6.07, 6.45) is 1.16. The Kier molecular flexibility index (Phi) is 6.80. The molecule has 5 heteroatoms. The second kappa shape index (κ2) is 7.87. The molecule has 112 valence electrons. The zero-order valence-corrected chi connectivity index (χ0v) is 13.6. The third-order valence-electron chi connectivity index (χ3n) is 2.51. The molecule has 20 heavy (non-hydrogen) atoms. The zero-order valence-electron chi connectivity index (χ0n) is 12.1. The van der Waals surface area contributed by atoms with Gasteiger partial charge in [-0.15, -0.1) is 0 Å². The highest BCUT2D eigenvalue weighted by Gasteiger charge is 2.15. The molecule has 0 unspecified atom stereocenters. The molecular weight excluding hydrogens is 297 g/mol. The van der Waals surface area contributed by atoms with Crippen molar-refractivity contribution in [2.24, 2.45) is 0 Å². The van der Waals surface area contributed by atoms with E-state index in [4.69, 9.17) is 27.9 Å². The lowest BCUT2D eigenvalue weighted by atomic mass is 10.1. The molecule has 1 aromatic rings. The van der Waals surface area contributed by atoms with Crippen molar-refractivity contribution in [1.29, 1.82) is 0 Å². The van der Waals surface area contributed by atoms with E-state index in [1.54, 1.807) is 6.07 Å². The summed E-state index contributed by atoms with van der Waals surface area (Å²) in [5.41, 5.74) is 0.620. The summed E-state index contributed by atoms with van der Waals surface area (Å²) in [4.78, 5) is 11.5. The van der Waals surface area contributed by atoms with E-state index >= 15 is 0 Å². The number of esters is 1. The van der Waals surface area contributed by atoms with Gasteiger partial charge in [-0.05, 0) is 51.4 Å². The minimum Gasteiger partial charge on any atom is -0.460 e. The van der Waals surface area contributed by atoms with E-state index < -0.39 is 5.60 Å². The van der Waals surface area contributed by atoms with Crippen LogP contribution >= 0.6 is 23.2 Å². The summed E-state index contributed by atoms with van der Waals surface area (Å²) in [5.74, 6) is -0.186. The van der Waals surface area contributed by atoms with E-state index in [0.29, 0.717) is 23.0 Å². The topological polar surface area (TPSA) is 38.3 Å². The van der Waals surface area contributed by atoms with Crippen molar-refractivity contribution in [2.45, 2.75) is 39.2 Å². The van der Waals surface area contributed by atoms with Gasteiger partial charge in [-0.1, -0.05) is 29.3 Å². The number of rotatable bonds is 6. The number of nitrogens with one attached hydrogen (secondary N) is 1. The molecule has 1 N–H and O–H groups in total. The fourth-order valence-electron chi connectivity index (χ4n) is 1.66. The molecule has 0 saturated carbocycles. The molecule has 0 spiro atoms. The summed E-state index contributed by atoms with van der Waals surface area (Å²) in [6, 6.07) is 5.48. The molecule has 1 rings (SSSR count). The molecule has 0 aliphatic heterocycles. The Bertz CT molecular complexity index is 456. The van der Waals surface area contributed by atoms with Crippen LogP contribution in [0.1, 0.15) is 32.8 Å². The summed E-state index contributed by atoms with van der Waals surface area (Å²) < 4.78 is 5.22. The second-order valence-electron chi connectivity index (χ2n) is 5.57. The number of carbonyl (C=O) groups is 1. The molecule has 0 amide bonds. The normalized spacial score (nSPS) is 11.4. The maximum atomic E-state index is 11.5. The van der Waals surface area contributed by atoms with Gasteiger partial charge in [-0.3, -0.25) is 4.79 Å². The van der Waals surface area contributed by atoms with Crippen LogP contribution in [0.15, 0.2) is 18.2 Å². The number of carbonyl (C=O) groups excluding carboxylic acids is 1. The van der Waals surface area contributed by atoms with Crippen molar-refractivity contribution >= 4 is 29.2 Å². The second-order valence-corrected chi connectivity index (χ2v) is 6.42. The highest BCUT2D eigenvalue weighted by atomic mass is 35.5. The van der Waals surface area contributed by atoms with E-state index in [2.05, 4.69) is 5.32 Å². The maximum Gasteiger partial charge on any atom is 0.307 e. The highest BCUT2D eigenvalue weighted by molar-refractivity contribution is 6.35. The van der Waals surface area contributed by atoms with Gasteiger partial charge in [-0.25, -0.2) is 0 Å². The summed E-state index contributed by atoms with van der Waals surface area (Å²) in [6.45, 7) is 6.94. The third-order valence-corrected chi connectivity index (χ3v) is 3.10. The van der Waals surface area contributed by atoms with Gasteiger partial charge >= 0.3 is 5.97 Å². The van der Waals surface area contributed by atoms with Crippen molar-refractivity contribution in [3.05, 3.63) is 33.8 Å². The molecule has 0 heterocycles. The van der Waals surface area contributed by atoms with Crippen LogP contribution in [0.5, 0.6) is 0 Å². The highest BCUT2D eigenvalue weighted by Crippen LogP contribution is 2.21. The van der Waals surface area contributed by atoms with E-state index in [1.165, 1.54) is 0 Å². The Morgan fingerprint density at radius 1 is 1.25 bits per heavy atom. The average Bonchev–Trinajstić information content (AvgIpc) is 2.28. The van der Waals surface area contributed by atoms with Crippen molar-refractivity contribution in [2.75, 3.05) is 13.1 Å². The monoisotopic (exact) mass is 317 g/mol. The van der Waals surface area contributed by atoms with E-state index in [-0.39, 0.29) is 5.97 Å². The fourth-order valence-corrected chi connectivity index (χ4v) is 2.16. The Morgan fingerprint density at radius 3 is 2.55 bits per heavy atom.